The van der Waals surface area contributed by atoms with E-state index in [9.17, 15) is 10.1 Å². The molecule has 0 bridgehead atoms. The Kier molecular flexibility index (Phi) is 3.93. The van der Waals surface area contributed by atoms with Gasteiger partial charge in [-0.15, -0.1) is 0 Å². The molecule has 1 aromatic rings. The fourth-order valence-electron chi connectivity index (χ4n) is 2.94. The van der Waals surface area contributed by atoms with Crippen LogP contribution in [-0.2, 0) is 4.79 Å². The second-order valence-electron chi connectivity index (χ2n) is 6.32. The molecule has 5 heteroatoms. The molecule has 1 aromatic carbocycles. The first-order chi connectivity index (χ1) is 9.79. The monoisotopic (exact) mass is 287 g/mol. The van der Waals surface area contributed by atoms with Crippen LogP contribution in [0.15, 0.2) is 18.2 Å². The SMILES string of the molecule is COc1ccc(C2C(N)CC(=O)N2C(C)(C)C)cc1C#N. The number of hydrogen-bond acceptors (Lipinski definition) is 4. The van der Waals surface area contributed by atoms with Gasteiger partial charge >= 0.3 is 0 Å². The zero-order valence-electron chi connectivity index (χ0n) is 12.9. The average Bonchev–Trinajstić information content (AvgIpc) is 2.72. The first-order valence-electron chi connectivity index (χ1n) is 6.95. The number of ether oxygens (including phenoxy) is 1. The van der Waals surface area contributed by atoms with Crippen LogP contribution < -0.4 is 10.5 Å². The highest BCUT2D eigenvalue weighted by Crippen LogP contribution is 2.38. The third-order valence-corrected chi connectivity index (χ3v) is 3.77. The van der Waals surface area contributed by atoms with Gasteiger partial charge in [0, 0.05) is 18.0 Å². The smallest absolute Gasteiger partial charge is 0.225 e. The molecule has 1 heterocycles. The third-order valence-electron chi connectivity index (χ3n) is 3.77. The Morgan fingerprint density at radius 1 is 1.43 bits per heavy atom. The fourth-order valence-corrected chi connectivity index (χ4v) is 2.94. The summed E-state index contributed by atoms with van der Waals surface area (Å²) in [6.45, 7) is 5.97. The summed E-state index contributed by atoms with van der Waals surface area (Å²) >= 11 is 0. The number of nitriles is 1. The molecule has 2 atom stereocenters. The van der Waals surface area contributed by atoms with Crippen molar-refractivity contribution in [3.8, 4) is 11.8 Å². The Hall–Kier alpha value is -2.06. The van der Waals surface area contributed by atoms with Gasteiger partial charge in [0.2, 0.25) is 5.91 Å². The van der Waals surface area contributed by atoms with E-state index in [0.29, 0.717) is 17.7 Å². The summed E-state index contributed by atoms with van der Waals surface area (Å²) in [7, 11) is 1.53. The quantitative estimate of drug-likeness (QED) is 0.901. The van der Waals surface area contributed by atoms with E-state index < -0.39 is 0 Å². The van der Waals surface area contributed by atoms with E-state index >= 15 is 0 Å². The van der Waals surface area contributed by atoms with Gasteiger partial charge < -0.3 is 15.4 Å². The summed E-state index contributed by atoms with van der Waals surface area (Å²) in [6.07, 6.45) is 0.329. The van der Waals surface area contributed by atoms with Crippen LogP contribution in [0.2, 0.25) is 0 Å². The van der Waals surface area contributed by atoms with Crippen molar-refractivity contribution in [2.75, 3.05) is 7.11 Å². The minimum Gasteiger partial charge on any atom is -0.495 e. The Balaban J connectivity index is 2.49. The van der Waals surface area contributed by atoms with Gasteiger partial charge in [0.05, 0.1) is 18.7 Å². The second kappa shape index (κ2) is 5.38. The largest absolute Gasteiger partial charge is 0.495 e. The van der Waals surface area contributed by atoms with E-state index in [4.69, 9.17) is 10.5 Å². The van der Waals surface area contributed by atoms with E-state index in [1.165, 1.54) is 7.11 Å². The number of nitrogens with two attached hydrogens (primary N) is 1. The summed E-state index contributed by atoms with van der Waals surface area (Å²) in [4.78, 5) is 14.1. The number of hydrogen-bond donors (Lipinski definition) is 1. The van der Waals surface area contributed by atoms with Crippen molar-refractivity contribution in [3.63, 3.8) is 0 Å². The maximum atomic E-state index is 12.2. The Labute approximate surface area is 125 Å². The molecule has 0 aliphatic carbocycles. The van der Waals surface area contributed by atoms with Crippen LogP contribution in [0.1, 0.15) is 44.4 Å². The van der Waals surface area contributed by atoms with Gasteiger partial charge in [-0.25, -0.2) is 0 Å². The van der Waals surface area contributed by atoms with E-state index in [2.05, 4.69) is 6.07 Å². The summed E-state index contributed by atoms with van der Waals surface area (Å²) < 4.78 is 5.16. The average molecular weight is 287 g/mol. The van der Waals surface area contributed by atoms with Crippen LogP contribution in [0.5, 0.6) is 5.75 Å². The first-order valence-corrected chi connectivity index (χ1v) is 6.95. The van der Waals surface area contributed by atoms with Crippen LogP contribution in [0.4, 0.5) is 0 Å². The van der Waals surface area contributed by atoms with Crippen molar-refractivity contribution in [2.45, 2.75) is 44.8 Å². The minimum atomic E-state index is -0.317. The standard InChI is InChI=1S/C16H21N3O2/c1-16(2,3)19-14(20)8-12(18)15(19)10-5-6-13(21-4)11(7-10)9-17/h5-7,12,15H,8,18H2,1-4H3. The highest BCUT2D eigenvalue weighted by Gasteiger charge is 2.44. The number of benzene rings is 1. The summed E-state index contributed by atoms with van der Waals surface area (Å²) in [5.41, 5.74) is 7.19. The van der Waals surface area contributed by atoms with E-state index in [1.807, 2.05) is 31.7 Å². The van der Waals surface area contributed by atoms with E-state index in [0.717, 1.165) is 5.56 Å². The van der Waals surface area contributed by atoms with Gasteiger partial charge in [-0.3, -0.25) is 4.79 Å². The fraction of sp³-hybridized carbons (Fsp3) is 0.500. The topological polar surface area (TPSA) is 79.3 Å². The van der Waals surface area contributed by atoms with Crippen LogP contribution in [0, 0.1) is 11.3 Å². The molecule has 0 radical (unpaired) electrons. The van der Waals surface area contributed by atoms with Crippen molar-refractivity contribution in [2.24, 2.45) is 5.73 Å². The second-order valence-corrected chi connectivity index (χ2v) is 6.32. The number of nitrogens with zero attached hydrogens (tertiary/aromatic N) is 2. The maximum absolute atomic E-state index is 12.2. The zero-order valence-corrected chi connectivity index (χ0v) is 12.9. The van der Waals surface area contributed by atoms with E-state index in [1.54, 1.807) is 12.1 Å². The molecule has 0 saturated carbocycles. The molecule has 1 saturated heterocycles. The van der Waals surface area contributed by atoms with Gasteiger partial charge in [-0.2, -0.15) is 5.26 Å². The molecule has 2 rings (SSSR count). The molecule has 1 aliphatic heterocycles. The number of methoxy groups -OCH3 is 1. The molecule has 0 aromatic heterocycles. The van der Waals surface area contributed by atoms with Gasteiger partial charge in [0.25, 0.3) is 0 Å². The Bertz CT molecular complexity index is 599. The molecule has 1 fully saturated rings. The van der Waals surface area contributed by atoms with Crippen molar-refractivity contribution < 1.29 is 9.53 Å². The zero-order chi connectivity index (χ0) is 15.8. The Morgan fingerprint density at radius 3 is 2.62 bits per heavy atom. The highest BCUT2D eigenvalue weighted by molar-refractivity contribution is 5.81. The molecule has 1 amide bonds. The van der Waals surface area contributed by atoms with Crippen molar-refractivity contribution >= 4 is 5.91 Å². The van der Waals surface area contributed by atoms with Crippen LogP contribution in [-0.4, -0.2) is 29.5 Å². The molecule has 2 N–H and O–H groups in total. The van der Waals surface area contributed by atoms with Crippen molar-refractivity contribution in [3.05, 3.63) is 29.3 Å². The minimum absolute atomic E-state index is 0.0503. The summed E-state index contributed by atoms with van der Waals surface area (Å²) in [6, 6.07) is 7.04. The number of amides is 1. The van der Waals surface area contributed by atoms with E-state index in [-0.39, 0.29) is 23.5 Å². The molecule has 1 aliphatic rings. The van der Waals surface area contributed by atoms with Crippen molar-refractivity contribution in [1.82, 2.24) is 4.90 Å². The Morgan fingerprint density at radius 2 is 2.10 bits per heavy atom. The predicted molar refractivity (Wildman–Crippen MR) is 79.6 cm³/mol. The lowest BCUT2D eigenvalue weighted by Gasteiger charge is -2.38. The lowest BCUT2D eigenvalue weighted by molar-refractivity contribution is -0.133. The lowest BCUT2D eigenvalue weighted by atomic mass is 9.95. The molecule has 21 heavy (non-hydrogen) atoms. The molecular formula is C16H21N3O2. The lowest BCUT2D eigenvalue weighted by Crippen LogP contribution is -2.45. The predicted octanol–water partition coefficient (Wildman–Crippen LogP) is 1.97. The van der Waals surface area contributed by atoms with Crippen LogP contribution in [0.3, 0.4) is 0 Å². The van der Waals surface area contributed by atoms with Gasteiger partial charge in [0.15, 0.2) is 0 Å². The molecular weight excluding hydrogens is 266 g/mol. The van der Waals surface area contributed by atoms with Gasteiger partial charge in [-0.05, 0) is 38.5 Å². The van der Waals surface area contributed by atoms with Crippen LogP contribution in [0.25, 0.3) is 0 Å². The molecule has 2 unspecified atom stereocenters. The molecule has 112 valence electrons. The number of rotatable bonds is 2. The number of likely N-dealkylation sites (tertiary alicyclic amines) is 1. The summed E-state index contributed by atoms with van der Waals surface area (Å²) in [5, 5.41) is 9.22. The van der Waals surface area contributed by atoms with Crippen molar-refractivity contribution in [1.29, 1.82) is 5.26 Å². The summed E-state index contributed by atoms with van der Waals surface area (Å²) in [5.74, 6) is 0.579. The van der Waals surface area contributed by atoms with Gasteiger partial charge in [0.1, 0.15) is 11.8 Å². The maximum Gasteiger partial charge on any atom is 0.225 e. The first kappa shape index (κ1) is 15.3. The van der Waals surface area contributed by atoms with Gasteiger partial charge in [-0.1, -0.05) is 6.07 Å². The molecule has 5 nitrogen and oxygen atoms in total. The van der Waals surface area contributed by atoms with Crippen LogP contribution >= 0.6 is 0 Å². The number of carbonyl (C=O) groups is 1. The third kappa shape index (κ3) is 2.72. The highest BCUT2D eigenvalue weighted by atomic mass is 16.5. The molecule has 0 spiro atoms. The number of carbonyl (C=O) groups excluding carboxylic acids is 1. The normalized spacial score (nSPS) is 22.3.